The zero-order valence-corrected chi connectivity index (χ0v) is 10.9. The summed E-state index contributed by atoms with van der Waals surface area (Å²) in [7, 11) is 0. The Balaban J connectivity index is 2.32. The van der Waals surface area contributed by atoms with Crippen molar-refractivity contribution in [2.45, 2.75) is 13.0 Å². The predicted molar refractivity (Wildman–Crippen MR) is 67.9 cm³/mol. The lowest BCUT2D eigenvalue weighted by Gasteiger charge is -2.19. The smallest absolute Gasteiger partial charge is 0.404 e. The number of rotatable bonds is 5. The number of amides is 1. The van der Waals surface area contributed by atoms with Crippen molar-refractivity contribution < 1.29 is 28.7 Å². The molecule has 0 unspecified atom stereocenters. The highest BCUT2D eigenvalue weighted by atomic mass is 16.7. The average molecular weight is 296 g/mol. The number of carbonyl (C=O) groups excluding carboxylic acids is 2. The molecule has 0 bridgehead atoms. The molecule has 0 saturated carbocycles. The van der Waals surface area contributed by atoms with Crippen LogP contribution in [0.15, 0.2) is 12.1 Å². The number of carbonyl (C=O) groups is 2. The molecular weight excluding hydrogens is 284 g/mol. The number of ether oxygens (including phenoxy) is 3. The van der Waals surface area contributed by atoms with E-state index in [1.165, 1.54) is 12.1 Å². The van der Waals surface area contributed by atoms with E-state index >= 15 is 0 Å². The largest absolute Gasteiger partial charge is 0.467 e. The van der Waals surface area contributed by atoms with Gasteiger partial charge in [0.1, 0.15) is 17.9 Å². The Kier molecular flexibility index (Phi) is 4.33. The van der Waals surface area contributed by atoms with Gasteiger partial charge >= 0.3 is 6.09 Å². The van der Waals surface area contributed by atoms with Gasteiger partial charge in [0.15, 0.2) is 12.6 Å². The quantitative estimate of drug-likeness (QED) is 0.489. The second-order valence-corrected chi connectivity index (χ2v) is 4.14. The molecule has 0 spiro atoms. The van der Waals surface area contributed by atoms with Crippen LogP contribution in [-0.2, 0) is 16.1 Å². The lowest BCUT2D eigenvalue weighted by Crippen LogP contribution is -2.19. The van der Waals surface area contributed by atoms with Gasteiger partial charge in [-0.15, -0.1) is 0 Å². The molecule has 1 aromatic rings. The Morgan fingerprint density at radius 3 is 2.86 bits per heavy atom. The molecule has 21 heavy (non-hydrogen) atoms. The number of hydrogen-bond donors (Lipinski definition) is 1. The van der Waals surface area contributed by atoms with E-state index in [4.69, 9.17) is 15.2 Å². The first-order chi connectivity index (χ1) is 10.0. The molecule has 0 aromatic heterocycles. The van der Waals surface area contributed by atoms with Crippen LogP contribution in [-0.4, -0.2) is 30.2 Å². The van der Waals surface area contributed by atoms with Crippen LogP contribution < -0.4 is 10.5 Å². The van der Waals surface area contributed by atoms with Crippen molar-refractivity contribution in [2.75, 3.05) is 13.4 Å². The fourth-order valence-corrected chi connectivity index (χ4v) is 1.98. The topological polar surface area (TPSA) is 131 Å². The van der Waals surface area contributed by atoms with E-state index in [1.54, 1.807) is 0 Å². The summed E-state index contributed by atoms with van der Waals surface area (Å²) < 4.78 is 14.7. The summed E-state index contributed by atoms with van der Waals surface area (Å²) in [5.41, 5.74) is 4.67. The summed E-state index contributed by atoms with van der Waals surface area (Å²) >= 11 is 0. The normalized spacial score (nSPS) is 13.0. The number of ketones is 1. The van der Waals surface area contributed by atoms with E-state index in [0.29, 0.717) is 11.3 Å². The van der Waals surface area contributed by atoms with Gasteiger partial charge in [-0.25, -0.2) is 4.79 Å². The highest BCUT2D eigenvalue weighted by Crippen LogP contribution is 2.34. The number of fused-ring (bicyclic) bond motifs is 1. The number of Topliss-reactive ketones (excluding diaryl/α,β-unsaturated/α-hetero) is 1. The Hall–Kier alpha value is -2.68. The molecule has 0 atom stereocenters. The molecule has 112 valence electrons. The first-order valence-electron chi connectivity index (χ1n) is 5.97. The maximum Gasteiger partial charge on any atom is 0.404 e. The van der Waals surface area contributed by atoms with E-state index < -0.39 is 16.8 Å². The molecule has 9 nitrogen and oxygen atoms in total. The van der Waals surface area contributed by atoms with Crippen molar-refractivity contribution in [1.82, 2.24) is 0 Å². The molecule has 2 rings (SSSR count). The first-order valence-corrected chi connectivity index (χ1v) is 5.97. The fraction of sp³-hybridized carbons (Fsp3) is 0.333. The van der Waals surface area contributed by atoms with Crippen molar-refractivity contribution >= 4 is 17.6 Å². The molecule has 0 aliphatic carbocycles. The van der Waals surface area contributed by atoms with Gasteiger partial charge in [0.05, 0.1) is 11.5 Å². The number of nitro benzene ring substituents is 1. The number of nitrogens with two attached hydrogens (primary N) is 1. The number of nitrogens with zero attached hydrogens (tertiary/aromatic N) is 1. The number of benzene rings is 1. The van der Waals surface area contributed by atoms with Crippen LogP contribution in [0.2, 0.25) is 0 Å². The Morgan fingerprint density at radius 2 is 2.19 bits per heavy atom. The van der Waals surface area contributed by atoms with Crippen LogP contribution in [0.3, 0.4) is 0 Å². The zero-order chi connectivity index (χ0) is 15.4. The number of hydrogen-bond acceptors (Lipinski definition) is 7. The lowest BCUT2D eigenvalue weighted by atomic mass is 9.98. The maximum atomic E-state index is 12.2. The van der Waals surface area contributed by atoms with E-state index in [0.717, 1.165) is 0 Å². The molecule has 2 N–H and O–H groups in total. The van der Waals surface area contributed by atoms with Crippen LogP contribution in [0.25, 0.3) is 0 Å². The molecule has 9 heteroatoms. The molecule has 1 aliphatic rings. The fourth-order valence-electron chi connectivity index (χ4n) is 1.98. The zero-order valence-electron chi connectivity index (χ0n) is 10.9. The summed E-state index contributed by atoms with van der Waals surface area (Å²) in [5.74, 6) is -0.181. The third-order valence-corrected chi connectivity index (χ3v) is 2.84. The van der Waals surface area contributed by atoms with E-state index in [2.05, 4.69) is 4.74 Å². The lowest BCUT2D eigenvalue weighted by molar-refractivity contribution is -0.385. The van der Waals surface area contributed by atoms with Gasteiger partial charge in [0, 0.05) is 18.1 Å². The summed E-state index contributed by atoms with van der Waals surface area (Å²) in [6.07, 6.45) is -1.24. The third kappa shape index (κ3) is 3.26. The van der Waals surface area contributed by atoms with Gasteiger partial charge in [-0.05, 0) is 6.07 Å². The van der Waals surface area contributed by atoms with Gasteiger partial charge in [0.25, 0.3) is 5.69 Å². The molecule has 1 aliphatic heterocycles. The molecule has 1 heterocycles. The number of nitro groups is 1. The van der Waals surface area contributed by atoms with Crippen molar-refractivity contribution in [3.8, 4) is 5.75 Å². The molecule has 1 aromatic carbocycles. The van der Waals surface area contributed by atoms with Crippen LogP contribution in [0.4, 0.5) is 10.5 Å². The molecule has 0 saturated heterocycles. The SMILES string of the molecule is NC(=O)OCCC(=O)c1c([N+](=O)[O-])ccc2c1COCO2. The maximum absolute atomic E-state index is 12.2. The molecule has 0 fully saturated rings. The van der Waals surface area contributed by atoms with Gasteiger partial charge in [-0.3, -0.25) is 14.9 Å². The van der Waals surface area contributed by atoms with Crippen molar-refractivity contribution in [3.63, 3.8) is 0 Å². The van der Waals surface area contributed by atoms with Gasteiger partial charge in [-0.2, -0.15) is 0 Å². The third-order valence-electron chi connectivity index (χ3n) is 2.84. The second-order valence-electron chi connectivity index (χ2n) is 4.14. The van der Waals surface area contributed by atoms with Crippen molar-refractivity contribution in [1.29, 1.82) is 0 Å². The highest BCUT2D eigenvalue weighted by molar-refractivity contribution is 6.02. The summed E-state index contributed by atoms with van der Waals surface area (Å²) in [4.78, 5) is 33.0. The van der Waals surface area contributed by atoms with Crippen molar-refractivity contribution in [3.05, 3.63) is 33.4 Å². The minimum Gasteiger partial charge on any atom is -0.467 e. The number of primary amides is 1. The molecular formula is C12H12N2O7. The Labute approximate surface area is 118 Å². The highest BCUT2D eigenvalue weighted by Gasteiger charge is 2.28. The second kappa shape index (κ2) is 6.18. The predicted octanol–water partition coefficient (Wildman–Crippen LogP) is 1.13. The Bertz CT molecular complexity index is 600. The minimum atomic E-state index is -1.01. The van der Waals surface area contributed by atoms with Crippen LogP contribution in [0, 0.1) is 10.1 Å². The van der Waals surface area contributed by atoms with Gasteiger partial charge in [-0.1, -0.05) is 0 Å². The summed E-state index contributed by atoms with van der Waals surface area (Å²) in [6.45, 7) is -0.200. The standard InChI is InChI=1S/C12H12N2O7/c13-12(16)20-4-3-9(15)11-7-5-19-6-21-10(7)2-1-8(11)14(17)18/h1-2H,3-6H2,(H2,13,16). The van der Waals surface area contributed by atoms with Crippen LogP contribution in [0.1, 0.15) is 22.3 Å². The van der Waals surface area contributed by atoms with E-state index in [9.17, 15) is 19.7 Å². The molecule has 0 radical (unpaired) electrons. The van der Waals surface area contributed by atoms with E-state index in [-0.39, 0.29) is 37.7 Å². The average Bonchev–Trinajstić information content (AvgIpc) is 2.45. The summed E-state index contributed by atoms with van der Waals surface area (Å²) in [6, 6.07) is 2.62. The summed E-state index contributed by atoms with van der Waals surface area (Å²) in [5, 5.41) is 11.1. The molecule has 1 amide bonds. The van der Waals surface area contributed by atoms with E-state index in [1.807, 2.05) is 0 Å². The van der Waals surface area contributed by atoms with Gasteiger partial charge < -0.3 is 19.9 Å². The van der Waals surface area contributed by atoms with Crippen molar-refractivity contribution in [2.24, 2.45) is 5.73 Å². The van der Waals surface area contributed by atoms with Gasteiger partial charge in [0.2, 0.25) is 0 Å². The monoisotopic (exact) mass is 296 g/mol. The van der Waals surface area contributed by atoms with Crippen LogP contribution in [0.5, 0.6) is 5.75 Å². The van der Waals surface area contributed by atoms with Crippen LogP contribution >= 0.6 is 0 Å². The Morgan fingerprint density at radius 1 is 1.43 bits per heavy atom. The minimum absolute atomic E-state index is 0.0171. The first kappa shape index (κ1) is 14.7.